The number of benzene rings is 2. The Hall–Kier alpha value is -2.37. The van der Waals surface area contributed by atoms with Gasteiger partial charge in [0.05, 0.1) is 0 Å². The van der Waals surface area contributed by atoms with Crippen LogP contribution >= 0.6 is 11.6 Å². The molecule has 0 unspecified atom stereocenters. The summed E-state index contributed by atoms with van der Waals surface area (Å²) in [4.78, 5) is 26.0. The van der Waals surface area contributed by atoms with E-state index in [1.807, 2.05) is 56.6 Å². The van der Waals surface area contributed by atoms with E-state index in [9.17, 15) is 14.7 Å². The molecule has 2 aromatic rings. The summed E-state index contributed by atoms with van der Waals surface area (Å²) in [5.41, 5.74) is 1.97. The number of carbonyl (C=O) groups excluding carboxylic acids is 1. The topological polar surface area (TPSA) is 66.8 Å². The number of carbonyl (C=O) groups is 2. The molecule has 0 spiro atoms. The molecular formula is C24H28ClNO4. The Morgan fingerprint density at radius 1 is 1.17 bits per heavy atom. The van der Waals surface area contributed by atoms with Crippen LogP contribution in [0.1, 0.15) is 48.3 Å². The van der Waals surface area contributed by atoms with Crippen molar-refractivity contribution in [3.05, 3.63) is 70.2 Å². The van der Waals surface area contributed by atoms with Gasteiger partial charge < -0.3 is 14.7 Å². The zero-order valence-corrected chi connectivity index (χ0v) is 18.2. The highest BCUT2D eigenvalue weighted by Gasteiger charge is 2.47. The minimum Gasteiger partial charge on any atom is -0.473 e. The van der Waals surface area contributed by atoms with Gasteiger partial charge in [-0.05, 0) is 81.6 Å². The first-order chi connectivity index (χ1) is 14.3. The van der Waals surface area contributed by atoms with Crippen LogP contribution in [0.5, 0.6) is 0 Å². The van der Waals surface area contributed by atoms with Crippen molar-refractivity contribution in [1.82, 2.24) is 4.90 Å². The molecule has 0 heterocycles. The molecule has 2 atom stereocenters. The number of hydrogen-bond acceptors (Lipinski definition) is 4. The van der Waals surface area contributed by atoms with Gasteiger partial charge in [0, 0.05) is 10.9 Å². The number of hydrogen-bond donors (Lipinski definition) is 1. The van der Waals surface area contributed by atoms with Gasteiger partial charge in [0.1, 0.15) is 5.60 Å². The van der Waals surface area contributed by atoms with Gasteiger partial charge in [-0.1, -0.05) is 48.0 Å². The molecule has 1 N–H and O–H groups in total. The molecule has 3 rings (SSSR count). The second kappa shape index (κ2) is 9.63. The molecule has 1 aliphatic rings. The lowest BCUT2D eigenvalue weighted by molar-refractivity contribution is -0.179. The zero-order valence-electron chi connectivity index (χ0n) is 17.4. The van der Waals surface area contributed by atoms with Gasteiger partial charge in [-0.15, -0.1) is 0 Å². The van der Waals surface area contributed by atoms with Crippen LogP contribution in [0.2, 0.25) is 5.02 Å². The van der Waals surface area contributed by atoms with Crippen LogP contribution in [0.25, 0.3) is 0 Å². The van der Waals surface area contributed by atoms with Crippen LogP contribution in [0.4, 0.5) is 0 Å². The fourth-order valence-corrected chi connectivity index (χ4v) is 4.68. The van der Waals surface area contributed by atoms with Crippen molar-refractivity contribution in [2.45, 2.75) is 43.6 Å². The number of fused-ring (bicyclic) bond motifs is 1. The Morgan fingerprint density at radius 3 is 2.53 bits per heavy atom. The highest BCUT2D eigenvalue weighted by Crippen LogP contribution is 2.50. The number of carboxylic acid groups (broad SMARTS) is 1. The van der Waals surface area contributed by atoms with E-state index < -0.39 is 17.5 Å². The maximum atomic E-state index is 12.4. The van der Waals surface area contributed by atoms with Crippen LogP contribution in [-0.4, -0.2) is 42.6 Å². The average molecular weight is 430 g/mol. The number of esters is 1. The molecule has 30 heavy (non-hydrogen) atoms. The quantitative estimate of drug-likeness (QED) is 0.412. The summed E-state index contributed by atoms with van der Waals surface area (Å²) in [6, 6.07) is 15.5. The highest BCUT2D eigenvalue weighted by atomic mass is 35.5. The van der Waals surface area contributed by atoms with Crippen molar-refractivity contribution < 1.29 is 19.4 Å². The summed E-state index contributed by atoms with van der Waals surface area (Å²) < 4.78 is 5.94. The third-order valence-corrected chi connectivity index (χ3v) is 6.10. The molecule has 0 aliphatic heterocycles. The van der Waals surface area contributed by atoms with Gasteiger partial charge in [-0.3, -0.25) is 0 Å². The number of ether oxygens (including phenoxy) is 1. The van der Waals surface area contributed by atoms with Crippen molar-refractivity contribution in [2.24, 2.45) is 0 Å². The summed E-state index contributed by atoms with van der Waals surface area (Å²) in [5.74, 6) is -2.95. The summed E-state index contributed by atoms with van der Waals surface area (Å²) in [5, 5.41) is 9.98. The molecule has 0 bridgehead atoms. The van der Waals surface area contributed by atoms with Crippen molar-refractivity contribution in [3.63, 3.8) is 0 Å². The molecule has 5 nitrogen and oxygen atoms in total. The van der Waals surface area contributed by atoms with E-state index in [0.717, 1.165) is 48.9 Å². The number of halogens is 1. The summed E-state index contributed by atoms with van der Waals surface area (Å²) in [6.07, 6.45) is 3.86. The maximum absolute atomic E-state index is 12.4. The lowest BCUT2D eigenvalue weighted by Gasteiger charge is -2.41. The van der Waals surface area contributed by atoms with Gasteiger partial charge in [-0.25, -0.2) is 9.59 Å². The molecular weight excluding hydrogens is 402 g/mol. The minimum atomic E-state index is -1.57. The summed E-state index contributed by atoms with van der Waals surface area (Å²) in [7, 11) is 3.99. The molecule has 1 aliphatic carbocycles. The standard InChI is InChI=1S/C24H28ClNO4/c1-26(2)16-6-15-24(30-23(29)22(27)28)20-9-4-3-7-17(20)8-5-10-21(24)18-11-13-19(25)14-12-18/h3-4,7,9,11-14,21H,5-6,8,10,15-16H2,1-2H3,(H,27,28)/t21-,24+/m1/s1. The van der Waals surface area contributed by atoms with Gasteiger partial charge in [-0.2, -0.15) is 0 Å². The molecule has 0 saturated heterocycles. The Balaban J connectivity index is 2.17. The van der Waals surface area contributed by atoms with Gasteiger partial charge in [0.25, 0.3) is 0 Å². The fourth-order valence-electron chi connectivity index (χ4n) is 4.55. The third-order valence-electron chi connectivity index (χ3n) is 5.85. The summed E-state index contributed by atoms with van der Waals surface area (Å²) in [6.45, 7) is 0.807. The average Bonchev–Trinajstić information content (AvgIpc) is 2.86. The number of nitrogens with zero attached hydrogens (tertiary/aromatic N) is 1. The van der Waals surface area contributed by atoms with E-state index in [-0.39, 0.29) is 5.92 Å². The second-order valence-corrected chi connectivity index (χ2v) is 8.58. The predicted octanol–water partition coefficient (Wildman–Crippen LogP) is 4.63. The van der Waals surface area contributed by atoms with Crippen molar-refractivity contribution >= 4 is 23.5 Å². The Labute approximate surface area is 182 Å². The van der Waals surface area contributed by atoms with Gasteiger partial charge in [0.2, 0.25) is 0 Å². The minimum absolute atomic E-state index is 0.163. The predicted molar refractivity (Wildman–Crippen MR) is 117 cm³/mol. The zero-order chi connectivity index (χ0) is 21.7. The molecule has 0 saturated carbocycles. The number of carboxylic acids is 1. The Kier molecular flexibility index (Phi) is 7.16. The highest BCUT2D eigenvalue weighted by molar-refractivity contribution is 6.30. The normalized spacial score (nSPS) is 21.0. The van der Waals surface area contributed by atoms with E-state index in [1.165, 1.54) is 0 Å². The Morgan fingerprint density at radius 2 is 1.87 bits per heavy atom. The largest absolute Gasteiger partial charge is 0.473 e. The second-order valence-electron chi connectivity index (χ2n) is 8.14. The number of aliphatic carboxylic acids is 1. The SMILES string of the molecule is CN(C)CCC[C@]1(OC(=O)C(=O)O)c2ccccc2CCC[C@@H]1c1ccc(Cl)cc1. The smallest absolute Gasteiger partial charge is 0.418 e. The van der Waals surface area contributed by atoms with Crippen LogP contribution in [-0.2, 0) is 26.3 Å². The van der Waals surface area contributed by atoms with Crippen molar-refractivity contribution in [2.75, 3.05) is 20.6 Å². The molecule has 160 valence electrons. The van der Waals surface area contributed by atoms with E-state index in [0.29, 0.717) is 11.4 Å². The van der Waals surface area contributed by atoms with E-state index in [1.54, 1.807) is 0 Å². The molecule has 0 amide bonds. The van der Waals surface area contributed by atoms with Crippen LogP contribution < -0.4 is 0 Å². The maximum Gasteiger partial charge on any atom is 0.418 e. The first kappa shape index (κ1) is 22.3. The van der Waals surface area contributed by atoms with Gasteiger partial charge >= 0.3 is 11.9 Å². The van der Waals surface area contributed by atoms with E-state index >= 15 is 0 Å². The molecule has 2 aromatic carbocycles. The number of aryl methyl sites for hydroxylation is 1. The first-order valence-electron chi connectivity index (χ1n) is 10.3. The van der Waals surface area contributed by atoms with Crippen molar-refractivity contribution in [3.8, 4) is 0 Å². The lowest BCUT2D eigenvalue weighted by atomic mass is 9.73. The molecule has 0 radical (unpaired) electrons. The van der Waals surface area contributed by atoms with E-state index in [4.69, 9.17) is 16.3 Å². The monoisotopic (exact) mass is 429 g/mol. The molecule has 0 fully saturated rings. The first-order valence-corrected chi connectivity index (χ1v) is 10.7. The number of rotatable bonds is 6. The molecule has 0 aromatic heterocycles. The van der Waals surface area contributed by atoms with Crippen molar-refractivity contribution in [1.29, 1.82) is 0 Å². The fraction of sp³-hybridized carbons (Fsp3) is 0.417. The van der Waals surface area contributed by atoms with Gasteiger partial charge in [0.15, 0.2) is 0 Å². The van der Waals surface area contributed by atoms with Crippen LogP contribution in [0, 0.1) is 0 Å². The molecule has 6 heteroatoms. The van der Waals surface area contributed by atoms with Crippen LogP contribution in [0.3, 0.4) is 0 Å². The Bertz CT molecular complexity index is 896. The third kappa shape index (κ3) is 4.85. The van der Waals surface area contributed by atoms with E-state index in [2.05, 4.69) is 11.0 Å². The van der Waals surface area contributed by atoms with Crippen LogP contribution in [0.15, 0.2) is 48.5 Å². The lowest BCUT2D eigenvalue weighted by Crippen LogP contribution is -2.41. The summed E-state index contributed by atoms with van der Waals surface area (Å²) >= 11 is 6.11.